The van der Waals surface area contributed by atoms with Crippen molar-refractivity contribution in [1.29, 1.82) is 0 Å². The Labute approximate surface area is 76.2 Å². The molecule has 0 aliphatic rings. The second kappa shape index (κ2) is 7.53. The maximum Gasteiger partial charge on any atom is 0.159 e. The van der Waals surface area contributed by atoms with Crippen molar-refractivity contribution < 1.29 is 9.90 Å². The van der Waals surface area contributed by atoms with Gasteiger partial charge in [0.2, 0.25) is 0 Å². The second-order valence-electron chi connectivity index (χ2n) is 2.82. The highest BCUT2D eigenvalue weighted by atomic mass is 16.7. The number of hydrogen-bond acceptors (Lipinski definition) is 2. The number of nitrogens with one attached hydrogen (secondary N) is 1. The fourth-order valence-corrected chi connectivity index (χ4v) is 1.04. The van der Waals surface area contributed by atoms with E-state index in [1.54, 1.807) is 0 Å². The highest BCUT2D eigenvalue weighted by Gasteiger charge is 2.05. The van der Waals surface area contributed by atoms with Crippen LogP contribution < -0.4 is 5.06 Å². The van der Waals surface area contributed by atoms with E-state index in [1.807, 2.05) is 0 Å². The van der Waals surface area contributed by atoms with Crippen molar-refractivity contribution in [3.8, 4) is 0 Å². The summed E-state index contributed by atoms with van der Waals surface area (Å²) in [6.45, 7) is 13.6. The molecule has 0 aromatic rings. The quantitative estimate of drug-likeness (QED) is 0.438. The Balaban J connectivity index is 3.49. The average Bonchev–Trinajstić information content (AvgIpc) is 2.13. The molecule has 74 valence electrons. The Bertz CT molecular complexity index is 78.5. The molecule has 0 unspecified atom stereocenters. The van der Waals surface area contributed by atoms with Gasteiger partial charge in [-0.3, -0.25) is 4.90 Å². The van der Waals surface area contributed by atoms with E-state index in [1.165, 1.54) is 5.06 Å². The molecular weight excluding hydrogens is 152 g/mol. The lowest BCUT2D eigenvalue weighted by Crippen LogP contribution is -3.10. The molecule has 0 bridgehead atoms. The van der Waals surface area contributed by atoms with Crippen LogP contribution in [0, 0.1) is 0 Å². The molecule has 12 heavy (non-hydrogen) atoms. The smallest absolute Gasteiger partial charge is 0.159 e. The molecule has 0 aromatic heterocycles. The van der Waals surface area contributed by atoms with Crippen molar-refractivity contribution >= 4 is 0 Å². The zero-order chi connectivity index (χ0) is 9.40. The van der Waals surface area contributed by atoms with Gasteiger partial charge in [-0.05, 0) is 26.9 Å². The number of hydrogen-bond donors (Lipinski definition) is 1. The lowest BCUT2D eigenvalue weighted by molar-refractivity contribution is -1.09. The summed E-state index contributed by atoms with van der Waals surface area (Å²) >= 11 is 0. The zero-order valence-electron chi connectivity index (χ0n) is 8.89. The summed E-state index contributed by atoms with van der Waals surface area (Å²) in [5.74, 6) is 0. The molecule has 0 fully saturated rings. The van der Waals surface area contributed by atoms with Crippen LogP contribution in [0.2, 0.25) is 0 Å². The summed E-state index contributed by atoms with van der Waals surface area (Å²) in [4.78, 5) is 7.90. The van der Waals surface area contributed by atoms with Gasteiger partial charge >= 0.3 is 0 Å². The van der Waals surface area contributed by atoms with Crippen molar-refractivity contribution in [3.05, 3.63) is 0 Å². The molecular formula is C9H23N2O+. The van der Waals surface area contributed by atoms with Gasteiger partial charge < -0.3 is 0 Å². The van der Waals surface area contributed by atoms with Crippen LogP contribution in [0.4, 0.5) is 0 Å². The molecule has 3 heteroatoms. The van der Waals surface area contributed by atoms with E-state index in [9.17, 15) is 0 Å². The highest BCUT2D eigenvalue weighted by molar-refractivity contribution is 4.40. The first kappa shape index (κ1) is 11.9. The molecule has 0 rings (SSSR count). The van der Waals surface area contributed by atoms with Gasteiger partial charge in [0, 0.05) is 0 Å². The van der Waals surface area contributed by atoms with Gasteiger partial charge in [-0.2, -0.15) is 9.90 Å². The Hall–Kier alpha value is -0.120. The highest BCUT2D eigenvalue weighted by Crippen LogP contribution is 1.83. The van der Waals surface area contributed by atoms with Crippen LogP contribution >= 0.6 is 0 Å². The SMILES string of the molecule is CCN(CC)CO[NH+](CC)CC. The van der Waals surface area contributed by atoms with Gasteiger partial charge in [0.15, 0.2) is 6.73 Å². The van der Waals surface area contributed by atoms with Gasteiger partial charge in [-0.1, -0.05) is 13.8 Å². The molecule has 0 amide bonds. The largest absolute Gasteiger partial charge is 0.276 e. The van der Waals surface area contributed by atoms with Crippen molar-refractivity contribution in [2.24, 2.45) is 0 Å². The maximum absolute atomic E-state index is 5.63. The summed E-state index contributed by atoms with van der Waals surface area (Å²) < 4.78 is 0. The zero-order valence-corrected chi connectivity index (χ0v) is 8.89. The summed E-state index contributed by atoms with van der Waals surface area (Å²) in [7, 11) is 0. The van der Waals surface area contributed by atoms with E-state index in [0.717, 1.165) is 32.9 Å². The minimum atomic E-state index is 0.754. The number of nitrogens with zero attached hydrogens (tertiary/aromatic N) is 1. The van der Waals surface area contributed by atoms with Crippen LogP contribution in [0.1, 0.15) is 27.7 Å². The fraction of sp³-hybridized carbons (Fsp3) is 1.00. The fourth-order valence-electron chi connectivity index (χ4n) is 1.04. The molecule has 0 saturated heterocycles. The summed E-state index contributed by atoms with van der Waals surface area (Å²) in [6, 6.07) is 0. The van der Waals surface area contributed by atoms with Crippen LogP contribution in [0.3, 0.4) is 0 Å². The molecule has 0 radical (unpaired) electrons. The molecule has 0 spiro atoms. The molecule has 0 atom stereocenters. The molecule has 1 N–H and O–H groups in total. The van der Waals surface area contributed by atoms with Gasteiger partial charge in [0.25, 0.3) is 0 Å². The summed E-state index contributed by atoms with van der Waals surface area (Å²) in [5.41, 5.74) is 0. The van der Waals surface area contributed by atoms with E-state index < -0.39 is 0 Å². The van der Waals surface area contributed by atoms with Crippen LogP contribution in [0.15, 0.2) is 0 Å². The molecule has 0 aromatic carbocycles. The van der Waals surface area contributed by atoms with Gasteiger partial charge in [-0.25, -0.2) is 0 Å². The van der Waals surface area contributed by atoms with E-state index in [4.69, 9.17) is 4.84 Å². The van der Waals surface area contributed by atoms with Crippen molar-refractivity contribution in [1.82, 2.24) is 4.90 Å². The Morgan fingerprint density at radius 2 is 1.50 bits per heavy atom. The van der Waals surface area contributed by atoms with Crippen LogP contribution in [0.5, 0.6) is 0 Å². The normalized spacial score (nSPS) is 11.5. The van der Waals surface area contributed by atoms with Crippen LogP contribution in [-0.2, 0) is 4.84 Å². The van der Waals surface area contributed by atoms with Crippen LogP contribution in [0.25, 0.3) is 0 Å². The van der Waals surface area contributed by atoms with Crippen molar-refractivity contribution in [3.63, 3.8) is 0 Å². The monoisotopic (exact) mass is 175 g/mol. The first-order chi connectivity index (χ1) is 5.78. The molecule has 0 heterocycles. The number of rotatable bonds is 7. The molecule has 0 saturated carbocycles. The first-order valence-electron chi connectivity index (χ1n) is 4.98. The van der Waals surface area contributed by atoms with Gasteiger partial charge in [0.1, 0.15) is 13.1 Å². The number of quaternary nitrogens is 1. The van der Waals surface area contributed by atoms with Crippen molar-refractivity contribution in [2.45, 2.75) is 27.7 Å². The summed E-state index contributed by atoms with van der Waals surface area (Å²) in [6.07, 6.45) is 0. The van der Waals surface area contributed by atoms with E-state index >= 15 is 0 Å². The first-order valence-corrected chi connectivity index (χ1v) is 4.98. The molecule has 3 nitrogen and oxygen atoms in total. The Kier molecular flexibility index (Phi) is 7.45. The Morgan fingerprint density at radius 3 is 1.83 bits per heavy atom. The standard InChI is InChI=1S/C9H22N2O/c1-5-10(6-2)9-12-11(7-3)8-4/h5-9H2,1-4H3/p+1. The van der Waals surface area contributed by atoms with E-state index in [2.05, 4.69) is 32.6 Å². The van der Waals surface area contributed by atoms with E-state index in [0.29, 0.717) is 0 Å². The predicted molar refractivity (Wildman–Crippen MR) is 50.9 cm³/mol. The molecule has 0 aliphatic carbocycles. The third-order valence-corrected chi connectivity index (χ3v) is 2.13. The maximum atomic E-state index is 5.63. The lowest BCUT2D eigenvalue weighted by Gasteiger charge is -2.20. The lowest BCUT2D eigenvalue weighted by atomic mass is 10.6. The third kappa shape index (κ3) is 4.70. The third-order valence-electron chi connectivity index (χ3n) is 2.13. The minimum Gasteiger partial charge on any atom is -0.276 e. The summed E-state index contributed by atoms with van der Waals surface area (Å²) in [5, 5.41) is 1.21. The van der Waals surface area contributed by atoms with Gasteiger partial charge in [-0.15, -0.1) is 0 Å². The van der Waals surface area contributed by atoms with E-state index in [-0.39, 0.29) is 0 Å². The second-order valence-corrected chi connectivity index (χ2v) is 2.82. The average molecular weight is 175 g/mol. The Morgan fingerprint density at radius 1 is 1.00 bits per heavy atom. The van der Waals surface area contributed by atoms with Gasteiger partial charge in [0.05, 0.1) is 0 Å². The predicted octanol–water partition coefficient (Wildman–Crippen LogP) is 0.142. The number of hydroxylamine groups is 2. The topological polar surface area (TPSA) is 16.9 Å². The van der Waals surface area contributed by atoms with Crippen molar-refractivity contribution in [2.75, 3.05) is 32.9 Å². The minimum absolute atomic E-state index is 0.754. The molecule has 0 aliphatic heterocycles. The van der Waals surface area contributed by atoms with Crippen LogP contribution in [-0.4, -0.2) is 37.8 Å².